The Morgan fingerprint density at radius 1 is 1.29 bits per heavy atom. The number of thiophene rings is 1. The van der Waals surface area contributed by atoms with Crippen molar-refractivity contribution in [3.8, 4) is 0 Å². The fraction of sp³-hybridized carbons (Fsp3) is 0.333. The SMILES string of the molecule is CCn1ccn(CC(=O)c2ccc(C)s2)c1=O. The first-order chi connectivity index (χ1) is 8.11. The van der Waals surface area contributed by atoms with Crippen LogP contribution < -0.4 is 5.69 Å². The lowest BCUT2D eigenvalue weighted by atomic mass is 10.3. The molecule has 2 rings (SSSR count). The highest BCUT2D eigenvalue weighted by atomic mass is 32.1. The van der Waals surface area contributed by atoms with Gasteiger partial charge < -0.3 is 0 Å². The molecule has 0 N–H and O–H groups in total. The maximum Gasteiger partial charge on any atom is 0.328 e. The van der Waals surface area contributed by atoms with E-state index in [4.69, 9.17) is 0 Å². The van der Waals surface area contributed by atoms with Gasteiger partial charge in [0.15, 0.2) is 5.78 Å². The second-order valence-electron chi connectivity index (χ2n) is 3.83. The van der Waals surface area contributed by atoms with Crippen molar-refractivity contribution < 1.29 is 4.79 Å². The van der Waals surface area contributed by atoms with Gasteiger partial charge in [0, 0.05) is 23.8 Å². The van der Waals surface area contributed by atoms with Crippen LogP contribution in [-0.4, -0.2) is 14.9 Å². The fourth-order valence-corrected chi connectivity index (χ4v) is 2.43. The van der Waals surface area contributed by atoms with Crippen molar-refractivity contribution in [1.29, 1.82) is 0 Å². The Kier molecular flexibility index (Phi) is 3.28. The molecular formula is C12H14N2O2S. The van der Waals surface area contributed by atoms with Gasteiger partial charge in [-0.2, -0.15) is 0 Å². The minimum Gasteiger partial charge on any atom is -0.300 e. The standard InChI is InChI=1S/C12H14N2O2S/c1-3-13-6-7-14(12(13)16)8-10(15)11-5-4-9(2)17-11/h4-7H,3,8H2,1-2H3. The molecule has 0 unspecified atom stereocenters. The summed E-state index contributed by atoms with van der Waals surface area (Å²) in [5.41, 5.74) is -0.130. The van der Waals surface area contributed by atoms with E-state index in [0.717, 1.165) is 4.88 Å². The first-order valence-electron chi connectivity index (χ1n) is 5.47. The van der Waals surface area contributed by atoms with E-state index in [1.165, 1.54) is 15.9 Å². The second-order valence-corrected chi connectivity index (χ2v) is 5.12. The monoisotopic (exact) mass is 250 g/mol. The molecule has 0 fully saturated rings. The fourth-order valence-electron chi connectivity index (χ4n) is 1.63. The molecule has 17 heavy (non-hydrogen) atoms. The zero-order chi connectivity index (χ0) is 12.4. The van der Waals surface area contributed by atoms with Crippen molar-refractivity contribution in [1.82, 2.24) is 9.13 Å². The number of imidazole rings is 1. The molecule has 5 heteroatoms. The number of rotatable bonds is 4. The molecule has 2 aromatic heterocycles. The van der Waals surface area contributed by atoms with Crippen LogP contribution in [0.1, 0.15) is 21.5 Å². The van der Waals surface area contributed by atoms with Gasteiger partial charge in [-0.25, -0.2) is 4.79 Å². The number of carbonyl (C=O) groups is 1. The van der Waals surface area contributed by atoms with Crippen molar-refractivity contribution in [2.24, 2.45) is 0 Å². The van der Waals surface area contributed by atoms with Crippen LogP contribution in [0.25, 0.3) is 0 Å². The van der Waals surface area contributed by atoms with Gasteiger partial charge in [-0.05, 0) is 26.0 Å². The first kappa shape index (κ1) is 11.9. The van der Waals surface area contributed by atoms with Crippen LogP contribution in [0.15, 0.2) is 29.3 Å². The molecule has 0 aromatic carbocycles. The maximum atomic E-state index is 11.9. The van der Waals surface area contributed by atoms with Crippen LogP contribution in [-0.2, 0) is 13.1 Å². The lowest BCUT2D eigenvalue weighted by Gasteiger charge is -1.99. The maximum absolute atomic E-state index is 11.9. The van der Waals surface area contributed by atoms with Crippen LogP contribution >= 0.6 is 11.3 Å². The summed E-state index contributed by atoms with van der Waals surface area (Å²) in [6.07, 6.45) is 3.36. The molecule has 2 aromatic rings. The number of aryl methyl sites for hydroxylation is 2. The number of aromatic nitrogens is 2. The predicted molar refractivity (Wildman–Crippen MR) is 67.8 cm³/mol. The van der Waals surface area contributed by atoms with E-state index in [9.17, 15) is 9.59 Å². The number of hydrogen-bond donors (Lipinski definition) is 0. The van der Waals surface area contributed by atoms with Gasteiger partial charge in [0.1, 0.15) is 0 Å². The summed E-state index contributed by atoms with van der Waals surface area (Å²) in [5.74, 6) is -0.0148. The molecule has 0 radical (unpaired) electrons. The highest BCUT2D eigenvalue weighted by Gasteiger charge is 2.11. The lowest BCUT2D eigenvalue weighted by molar-refractivity contribution is 0.0974. The summed E-state index contributed by atoms with van der Waals surface area (Å²) < 4.78 is 3.02. The number of nitrogens with zero attached hydrogens (tertiary/aromatic N) is 2. The zero-order valence-corrected chi connectivity index (χ0v) is 10.7. The normalized spacial score (nSPS) is 10.7. The molecule has 2 heterocycles. The van der Waals surface area contributed by atoms with Gasteiger partial charge in [-0.3, -0.25) is 13.9 Å². The average Bonchev–Trinajstić information content (AvgIpc) is 2.87. The van der Waals surface area contributed by atoms with Gasteiger partial charge in [0.05, 0.1) is 11.4 Å². The average molecular weight is 250 g/mol. The largest absolute Gasteiger partial charge is 0.328 e. The molecule has 0 spiro atoms. The number of ketones is 1. The third kappa shape index (κ3) is 2.39. The highest BCUT2D eigenvalue weighted by molar-refractivity contribution is 7.14. The molecule has 0 atom stereocenters. The molecule has 0 amide bonds. The van der Waals surface area contributed by atoms with Gasteiger partial charge >= 0.3 is 5.69 Å². The summed E-state index contributed by atoms with van der Waals surface area (Å²) in [4.78, 5) is 25.5. The Labute approximate surface area is 103 Å². The second kappa shape index (κ2) is 4.71. The van der Waals surface area contributed by atoms with Crippen molar-refractivity contribution in [2.45, 2.75) is 26.9 Å². The zero-order valence-electron chi connectivity index (χ0n) is 9.84. The summed E-state index contributed by atoms with van der Waals surface area (Å²) >= 11 is 1.46. The van der Waals surface area contributed by atoms with Crippen LogP contribution in [0, 0.1) is 6.92 Å². The van der Waals surface area contributed by atoms with Crippen LogP contribution in [0.3, 0.4) is 0 Å². The van der Waals surface area contributed by atoms with E-state index in [1.54, 1.807) is 17.0 Å². The van der Waals surface area contributed by atoms with Crippen molar-refractivity contribution in [2.75, 3.05) is 0 Å². The minimum absolute atomic E-state index is 0.0148. The van der Waals surface area contributed by atoms with E-state index in [0.29, 0.717) is 11.4 Å². The van der Waals surface area contributed by atoms with Crippen molar-refractivity contribution in [3.05, 3.63) is 44.8 Å². The van der Waals surface area contributed by atoms with E-state index in [-0.39, 0.29) is 18.0 Å². The van der Waals surface area contributed by atoms with Crippen molar-refractivity contribution >= 4 is 17.1 Å². The predicted octanol–water partition coefficient (Wildman–Crippen LogP) is 1.92. The van der Waals surface area contributed by atoms with E-state index in [2.05, 4.69) is 0 Å². The third-order valence-electron chi connectivity index (χ3n) is 2.59. The molecule has 90 valence electrons. The quantitative estimate of drug-likeness (QED) is 0.778. The molecular weight excluding hydrogens is 236 g/mol. The van der Waals surface area contributed by atoms with Crippen LogP contribution in [0.4, 0.5) is 0 Å². The van der Waals surface area contributed by atoms with E-state index < -0.39 is 0 Å². The minimum atomic E-state index is -0.130. The molecule has 0 aliphatic rings. The van der Waals surface area contributed by atoms with E-state index >= 15 is 0 Å². The topological polar surface area (TPSA) is 44.0 Å². The molecule has 0 aliphatic heterocycles. The molecule has 0 aliphatic carbocycles. The van der Waals surface area contributed by atoms with Crippen molar-refractivity contribution in [3.63, 3.8) is 0 Å². The third-order valence-corrected chi connectivity index (χ3v) is 3.63. The van der Waals surface area contributed by atoms with Crippen LogP contribution in [0.2, 0.25) is 0 Å². The lowest BCUT2D eigenvalue weighted by Crippen LogP contribution is -2.26. The van der Waals surface area contributed by atoms with Crippen LogP contribution in [0.5, 0.6) is 0 Å². The molecule has 0 bridgehead atoms. The highest BCUT2D eigenvalue weighted by Crippen LogP contribution is 2.15. The number of carbonyl (C=O) groups excluding carboxylic acids is 1. The molecule has 4 nitrogen and oxygen atoms in total. The molecule has 0 saturated carbocycles. The first-order valence-corrected chi connectivity index (χ1v) is 6.28. The Hall–Kier alpha value is -1.62. The Balaban J connectivity index is 2.18. The summed E-state index contributed by atoms with van der Waals surface area (Å²) in [5, 5.41) is 0. The van der Waals surface area contributed by atoms with Gasteiger partial charge in [0.25, 0.3) is 0 Å². The Bertz CT molecular complexity index is 592. The number of Topliss-reactive ketones (excluding diaryl/α,β-unsaturated/α-hetero) is 1. The molecule has 0 saturated heterocycles. The summed E-state index contributed by atoms with van der Waals surface area (Å²) in [7, 11) is 0. The van der Waals surface area contributed by atoms with Gasteiger partial charge in [-0.1, -0.05) is 0 Å². The van der Waals surface area contributed by atoms with E-state index in [1.807, 2.05) is 26.0 Å². The van der Waals surface area contributed by atoms with Gasteiger partial charge in [0.2, 0.25) is 0 Å². The summed E-state index contributed by atoms with van der Waals surface area (Å²) in [6.45, 7) is 4.60. The smallest absolute Gasteiger partial charge is 0.300 e. The Morgan fingerprint density at radius 2 is 2.00 bits per heavy atom. The Morgan fingerprint density at radius 3 is 2.53 bits per heavy atom. The summed E-state index contributed by atoms with van der Waals surface area (Å²) in [6, 6.07) is 3.72. The number of hydrogen-bond acceptors (Lipinski definition) is 3. The van der Waals surface area contributed by atoms with Gasteiger partial charge in [-0.15, -0.1) is 11.3 Å².